The van der Waals surface area contributed by atoms with Crippen molar-refractivity contribution in [1.29, 1.82) is 0 Å². The van der Waals surface area contributed by atoms with Crippen LogP contribution in [-0.2, 0) is 7.05 Å². The molecule has 28 heavy (non-hydrogen) atoms. The maximum absolute atomic E-state index is 14.9. The van der Waals surface area contributed by atoms with Gasteiger partial charge in [-0.25, -0.2) is 9.37 Å². The van der Waals surface area contributed by atoms with Crippen molar-refractivity contribution in [3.8, 4) is 0 Å². The van der Waals surface area contributed by atoms with Gasteiger partial charge in [0.05, 0.1) is 17.7 Å². The number of hydrogen-bond donors (Lipinski definition) is 3. The van der Waals surface area contributed by atoms with Crippen LogP contribution in [0.15, 0.2) is 22.8 Å². The predicted octanol–water partition coefficient (Wildman–Crippen LogP) is 1.85. The second kappa shape index (κ2) is 7.08. The maximum atomic E-state index is 14.9. The standard InChI is InChI=1S/C20H29FN4O3/c1-19(2,27)17(22)15(21)18(23-3)20(28)7-12-5-11(6-13(12)8-20)16-14(9-26)25(4)10-24-16/h9-13,27-28H,5-8,22H2,1-4H3. The van der Waals surface area contributed by atoms with E-state index in [9.17, 15) is 19.4 Å². The molecule has 0 saturated heterocycles. The quantitative estimate of drug-likeness (QED) is 0.523. The van der Waals surface area contributed by atoms with E-state index in [1.54, 1.807) is 17.9 Å². The Morgan fingerprint density at radius 3 is 2.46 bits per heavy atom. The number of nitrogens with two attached hydrogens (primary N) is 1. The van der Waals surface area contributed by atoms with Crippen LogP contribution in [0.3, 0.4) is 0 Å². The van der Waals surface area contributed by atoms with Gasteiger partial charge in [0, 0.05) is 20.0 Å². The molecule has 0 spiro atoms. The average Bonchev–Trinajstić information content (AvgIpc) is 3.24. The SMILES string of the molecule is CN=C(C(F)=C(N)C(C)(C)O)C1(O)CC2CC(c3ncn(C)c3C=O)CC2C1. The van der Waals surface area contributed by atoms with Gasteiger partial charge in [0.15, 0.2) is 12.1 Å². The number of rotatable bonds is 5. The lowest BCUT2D eigenvalue weighted by atomic mass is 9.87. The number of nitrogens with zero attached hydrogens (tertiary/aromatic N) is 3. The fraction of sp³-hybridized carbons (Fsp3) is 0.650. The Morgan fingerprint density at radius 2 is 2.00 bits per heavy atom. The van der Waals surface area contributed by atoms with Gasteiger partial charge in [-0.1, -0.05) is 0 Å². The number of imidazole rings is 1. The molecule has 8 heteroatoms. The Labute approximate surface area is 164 Å². The van der Waals surface area contributed by atoms with E-state index in [0.29, 0.717) is 18.5 Å². The monoisotopic (exact) mass is 392 g/mol. The molecule has 2 aliphatic rings. The summed E-state index contributed by atoms with van der Waals surface area (Å²) in [6, 6.07) is 0. The predicted molar refractivity (Wildman–Crippen MR) is 104 cm³/mol. The van der Waals surface area contributed by atoms with Gasteiger partial charge in [0.25, 0.3) is 0 Å². The van der Waals surface area contributed by atoms with E-state index < -0.39 is 17.0 Å². The van der Waals surface area contributed by atoms with E-state index in [4.69, 9.17) is 5.73 Å². The molecule has 154 valence electrons. The highest BCUT2D eigenvalue weighted by atomic mass is 19.1. The summed E-state index contributed by atoms with van der Waals surface area (Å²) in [5, 5.41) is 21.2. The van der Waals surface area contributed by atoms with Crippen LogP contribution in [0.1, 0.15) is 61.6 Å². The Balaban J connectivity index is 1.80. The smallest absolute Gasteiger partial charge is 0.168 e. The first-order chi connectivity index (χ1) is 13.0. The van der Waals surface area contributed by atoms with Crippen molar-refractivity contribution in [2.24, 2.45) is 29.6 Å². The number of aromatic nitrogens is 2. The summed E-state index contributed by atoms with van der Waals surface area (Å²) in [6.45, 7) is 2.79. The van der Waals surface area contributed by atoms with E-state index in [0.717, 1.165) is 24.8 Å². The number of aryl methyl sites for hydroxylation is 1. The lowest BCUT2D eigenvalue weighted by Crippen LogP contribution is -2.40. The van der Waals surface area contributed by atoms with Crippen LogP contribution in [0.25, 0.3) is 0 Å². The van der Waals surface area contributed by atoms with E-state index in [1.807, 2.05) is 0 Å². The first-order valence-corrected chi connectivity index (χ1v) is 9.56. The zero-order valence-electron chi connectivity index (χ0n) is 16.8. The minimum atomic E-state index is -1.54. The summed E-state index contributed by atoms with van der Waals surface area (Å²) < 4.78 is 16.6. The van der Waals surface area contributed by atoms with Crippen molar-refractivity contribution in [3.05, 3.63) is 29.2 Å². The van der Waals surface area contributed by atoms with Crippen molar-refractivity contribution >= 4 is 12.0 Å². The minimum absolute atomic E-state index is 0.0931. The number of carbonyl (C=O) groups is 1. The molecule has 3 rings (SSSR count). The molecule has 0 radical (unpaired) electrons. The summed E-state index contributed by atoms with van der Waals surface area (Å²) >= 11 is 0. The number of aldehydes is 1. The molecule has 2 atom stereocenters. The molecule has 0 aliphatic heterocycles. The fourth-order valence-electron chi connectivity index (χ4n) is 4.90. The van der Waals surface area contributed by atoms with Crippen LogP contribution in [0.2, 0.25) is 0 Å². The van der Waals surface area contributed by atoms with Gasteiger partial charge in [-0.05, 0) is 51.4 Å². The number of carbonyl (C=O) groups excluding carboxylic acids is 1. The molecular weight excluding hydrogens is 363 g/mol. The van der Waals surface area contributed by atoms with Crippen LogP contribution < -0.4 is 5.73 Å². The molecule has 1 aromatic heterocycles. The number of halogens is 1. The van der Waals surface area contributed by atoms with Gasteiger partial charge in [0.1, 0.15) is 22.6 Å². The highest BCUT2D eigenvalue weighted by Crippen LogP contribution is 2.54. The van der Waals surface area contributed by atoms with Crippen LogP contribution in [0, 0.1) is 11.8 Å². The molecular formula is C20H29FN4O3. The molecule has 2 unspecified atom stereocenters. The molecule has 7 nitrogen and oxygen atoms in total. The van der Waals surface area contributed by atoms with E-state index in [-0.39, 0.29) is 29.2 Å². The third kappa shape index (κ3) is 3.39. The fourth-order valence-corrected chi connectivity index (χ4v) is 4.90. The van der Waals surface area contributed by atoms with Crippen molar-refractivity contribution in [1.82, 2.24) is 9.55 Å². The lowest BCUT2D eigenvalue weighted by Gasteiger charge is -2.28. The van der Waals surface area contributed by atoms with Crippen LogP contribution >= 0.6 is 0 Å². The molecule has 1 aromatic rings. The third-order valence-electron chi connectivity index (χ3n) is 6.32. The summed E-state index contributed by atoms with van der Waals surface area (Å²) in [4.78, 5) is 19.8. The third-order valence-corrected chi connectivity index (χ3v) is 6.32. The van der Waals surface area contributed by atoms with Crippen LogP contribution in [-0.4, -0.2) is 50.0 Å². The van der Waals surface area contributed by atoms with Crippen molar-refractivity contribution < 1.29 is 19.4 Å². The van der Waals surface area contributed by atoms with Crippen molar-refractivity contribution in [2.75, 3.05) is 7.05 Å². The average molecular weight is 392 g/mol. The molecule has 0 aromatic carbocycles. The van der Waals surface area contributed by atoms with Gasteiger partial charge in [-0.15, -0.1) is 0 Å². The molecule has 1 heterocycles. The number of aliphatic hydroxyl groups is 2. The number of fused-ring (bicyclic) bond motifs is 1. The molecule has 2 saturated carbocycles. The normalized spacial score (nSPS) is 31.7. The maximum Gasteiger partial charge on any atom is 0.168 e. The second-order valence-electron chi connectivity index (χ2n) is 8.73. The van der Waals surface area contributed by atoms with Crippen molar-refractivity contribution in [3.63, 3.8) is 0 Å². The summed E-state index contributed by atoms with van der Waals surface area (Å²) in [7, 11) is 3.21. The first-order valence-electron chi connectivity index (χ1n) is 9.56. The molecule has 0 bridgehead atoms. The molecule has 0 amide bonds. The summed E-state index contributed by atoms with van der Waals surface area (Å²) in [5.74, 6) is -0.319. The molecule has 2 fully saturated rings. The van der Waals surface area contributed by atoms with Crippen molar-refractivity contribution in [2.45, 2.75) is 56.7 Å². The number of hydrogen-bond acceptors (Lipinski definition) is 6. The topological polar surface area (TPSA) is 114 Å². The van der Waals surface area contributed by atoms with E-state index >= 15 is 0 Å². The zero-order chi connectivity index (χ0) is 20.9. The Kier molecular flexibility index (Phi) is 5.22. The van der Waals surface area contributed by atoms with Gasteiger partial charge < -0.3 is 20.5 Å². The highest BCUT2D eigenvalue weighted by molar-refractivity contribution is 6.05. The van der Waals surface area contributed by atoms with Gasteiger partial charge >= 0.3 is 0 Å². The number of aliphatic imine (C=N–C) groups is 1. The largest absolute Gasteiger partial charge is 0.397 e. The zero-order valence-corrected chi connectivity index (χ0v) is 16.8. The Morgan fingerprint density at radius 1 is 1.43 bits per heavy atom. The lowest BCUT2D eigenvalue weighted by molar-refractivity contribution is 0.104. The summed E-state index contributed by atoms with van der Waals surface area (Å²) in [5.41, 5.74) is 3.78. The first kappa shape index (κ1) is 20.7. The van der Waals surface area contributed by atoms with E-state index in [1.165, 1.54) is 20.9 Å². The van der Waals surface area contributed by atoms with Gasteiger partial charge in [-0.2, -0.15) is 0 Å². The second-order valence-corrected chi connectivity index (χ2v) is 8.73. The molecule has 2 aliphatic carbocycles. The Hall–Kier alpha value is -2.06. The van der Waals surface area contributed by atoms with E-state index in [2.05, 4.69) is 9.98 Å². The van der Waals surface area contributed by atoms with Crippen LogP contribution in [0.5, 0.6) is 0 Å². The van der Waals surface area contributed by atoms with Gasteiger partial charge in [-0.3, -0.25) is 9.79 Å². The van der Waals surface area contributed by atoms with Crippen LogP contribution in [0.4, 0.5) is 4.39 Å². The Bertz CT molecular complexity index is 823. The molecule has 4 N–H and O–H groups in total. The van der Waals surface area contributed by atoms with Gasteiger partial charge in [0.2, 0.25) is 0 Å². The summed E-state index contributed by atoms with van der Waals surface area (Å²) in [6.07, 6.45) is 4.79. The highest BCUT2D eigenvalue weighted by Gasteiger charge is 2.53. The minimum Gasteiger partial charge on any atom is -0.397 e.